The number of rotatable bonds is 3. The van der Waals surface area contributed by atoms with Gasteiger partial charge in [0.15, 0.2) is 5.78 Å². The van der Waals surface area contributed by atoms with E-state index in [0.717, 1.165) is 19.3 Å². The molecule has 1 saturated heterocycles. The molecule has 1 fully saturated rings. The largest absolute Gasteiger partial charge is 0.466 e. The average molecular weight is 256 g/mol. The lowest BCUT2D eigenvalue weighted by atomic mass is 10.0. The van der Waals surface area contributed by atoms with Crippen molar-refractivity contribution in [3.8, 4) is 0 Å². The van der Waals surface area contributed by atoms with E-state index in [4.69, 9.17) is 9.47 Å². The summed E-state index contributed by atoms with van der Waals surface area (Å²) in [6, 6.07) is 0. The van der Waals surface area contributed by atoms with Gasteiger partial charge in [-0.3, -0.25) is 14.4 Å². The van der Waals surface area contributed by atoms with E-state index in [1.165, 1.54) is 13.8 Å². The number of hydrogen-bond acceptors (Lipinski definition) is 7. The van der Waals surface area contributed by atoms with Gasteiger partial charge in [-0.05, 0) is 6.08 Å². The van der Waals surface area contributed by atoms with Crippen molar-refractivity contribution < 1.29 is 33.4 Å². The lowest BCUT2D eigenvalue weighted by Gasteiger charge is -2.31. The molecule has 1 rings (SSSR count). The second-order valence-electron chi connectivity index (χ2n) is 3.93. The zero-order chi connectivity index (χ0) is 13.9. The molecule has 0 bridgehead atoms. The predicted octanol–water partition coefficient (Wildman–Crippen LogP) is -0.263. The summed E-state index contributed by atoms with van der Waals surface area (Å²) in [5.41, 5.74) is 0. The van der Waals surface area contributed by atoms with Gasteiger partial charge >= 0.3 is 17.9 Å². The van der Waals surface area contributed by atoms with E-state index in [1.54, 1.807) is 0 Å². The quantitative estimate of drug-likeness (QED) is 0.390. The molecular formula is C11H12O7. The minimum absolute atomic E-state index is 0.775. The summed E-state index contributed by atoms with van der Waals surface area (Å²) in [7, 11) is 1.13. The van der Waals surface area contributed by atoms with Gasteiger partial charge in [-0.1, -0.05) is 0 Å². The van der Waals surface area contributed by atoms with E-state index in [9.17, 15) is 19.2 Å². The van der Waals surface area contributed by atoms with Crippen LogP contribution in [0.15, 0.2) is 12.2 Å². The summed E-state index contributed by atoms with van der Waals surface area (Å²) in [5, 5.41) is 0. The van der Waals surface area contributed by atoms with E-state index in [-0.39, 0.29) is 0 Å². The Hall–Kier alpha value is -2.18. The van der Waals surface area contributed by atoms with Crippen LogP contribution in [0.25, 0.3) is 0 Å². The number of ketones is 1. The molecule has 1 aliphatic rings. The summed E-state index contributed by atoms with van der Waals surface area (Å²) < 4.78 is 13.8. The van der Waals surface area contributed by atoms with Gasteiger partial charge in [-0.2, -0.15) is 0 Å². The third-order valence-corrected chi connectivity index (χ3v) is 2.03. The predicted molar refractivity (Wildman–Crippen MR) is 55.9 cm³/mol. The molecular weight excluding hydrogens is 244 g/mol. The maximum absolute atomic E-state index is 11.6. The summed E-state index contributed by atoms with van der Waals surface area (Å²) in [6.45, 7) is 2.74. The van der Waals surface area contributed by atoms with E-state index in [2.05, 4.69) is 4.74 Å². The van der Waals surface area contributed by atoms with Crippen molar-refractivity contribution in [1.82, 2.24) is 0 Å². The van der Waals surface area contributed by atoms with Gasteiger partial charge in [-0.15, -0.1) is 0 Å². The fraction of sp³-hybridized carbons (Fsp3) is 0.455. The molecule has 7 nitrogen and oxygen atoms in total. The molecule has 0 atom stereocenters. The Morgan fingerprint density at radius 2 is 1.67 bits per heavy atom. The summed E-state index contributed by atoms with van der Waals surface area (Å²) in [4.78, 5) is 45.3. The summed E-state index contributed by atoms with van der Waals surface area (Å²) >= 11 is 0. The first-order valence-electron chi connectivity index (χ1n) is 5.02. The van der Waals surface area contributed by atoms with Crippen LogP contribution in [-0.4, -0.2) is 36.6 Å². The molecule has 0 aromatic rings. The highest BCUT2D eigenvalue weighted by Gasteiger charge is 2.46. The van der Waals surface area contributed by atoms with Crippen LogP contribution >= 0.6 is 0 Å². The van der Waals surface area contributed by atoms with Crippen molar-refractivity contribution in [2.75, 3.05) is 7.11 Å². The minimum Gasteiger partial charge on any atom is -0.466 e. The minimum atomic E-state index is -1.70. The fourth-order valence-electron chi connectivity index (χ4n) is 1.27. The first-order chi connectivity index (χ1) is 8.26. The molecule has 0 aromatic carbocycles. The molecule has 0 radical (unpaired) electrons. The van der Waals surface area contributed by atoms with Crippen LogP contribution < -0.4 is 0 Å². The summed E-state index contributed by atoms with van der Waals surface area (Å²) in [5.74, 6) is -6.77. The molecule has 98 valence electrons. The normalized spacial score (nSPS) is 19.3. The van der Waals surface area contributed by atoms with Gasteiger partial charge < -0.3 is 14.2 Å². The number of carbonyl (C=O) groups is 4. The molecule has 0 unspecified atom stereocenters. The highest BCUT2D eigenvalue weighted by molar-refractivity contribution is 6.20. The molecule has 18 heavy (non-hydrogen) atoms. The maximum atomic E-state index is 11.6. The lowest BCUT2D eigenvalue weighted by molar-refractivity contribution is -0.238. The van der Waals surface area contributed by atoms with E-state index >= 15 is 0 Å². The Bertz CT molecular complexity index is 413. The average Bonchev–Trinajstić information content (AvgIpc) is 2.22. The van der Waals surface area contributed by atoms with Gasteiger partial charge in [0.1, 0.15) is 0 Å². The number of cyclic esters (lactones) is 2. The number of allylic oxidation sites excluding steroid dienone is 1. The number of esters is 3. The molecule has 1 aliphatic heterocycles. The van der Waals surface area contributed by atoms with E-state index in [1.807, 2.05) is 0 Å². The Balaban J connectivity index is 2.81. The monoisotopic (exact) mass is 256 g/mol. The Morgan fingerprint density at radius 3 is 2.11 bits per heavy atom. The van der Waals surface area contributed by atoms with Gasteiger partial charge in [0.05, 0.1) is 7.11 Å². The van der Waals surface area contributed by atoms with E-state index in [0.29, 0.717) is 0 Å². The molecule has 0 aliphatic carbocycles. The highest BCUT2D eigenvalue weighted by atomic mass is 16.7. The smallest absolute Gasteiger partial charge is 0.331 e. The third-order valence-electron chi connectivity index (χ3n) is 2.03. The number of carbonyl (C=O) groups excluding carboxylic acids is 4. The highest BCUT2D eigenvalue weighted by Crippen LogP contribution is 2.23. The first kappa shape index (κ1) is 13.9. The lowest BCUT2D eigenvalue weighted by Crippen LogP contribution is -2.48. The van der Waals surface area contributed by atoms with Crippen molar-refractivity contribution >= 4 is 23.7 Å². The van der Waals surface area contributed by atoms with Crippen molar-refractivity contribution in [3.05, 3.63) is 12.2 Å². The second-order valence-corrected chi connectivity index (χ2v) is 3.93. The Morgan fingerprint density at radius 1 is 1.17 bits per heavy atom. The molecule has 7 heteroatoms. The fourth-order valence-corrected chi connectivity index (χ4v) is 1.27. The molecule has 0 spiro atoms. The van der Waals surface area contributed by atoms with Crippen LogP contribution in [-0.2, 0) is 33.4 Å². The third kappa shape index (κ3) is 3.16. The van der Waals surface area contributed by atoms with Crippen molar-refractivity contribution in [3.63, 3.8) is 0 Å². The van der Waals surface area contributed by atoms with Crippen LogP contribution in [0.2, 0.25) is 0 Å². The number of ether oxygens (including phenoxy) is 3. The van der Waals surface area contributed by atoms with E-state index < -0.39 is 35.4 Å². The van der Waals surface area contributed by atoms with Crippen LogP contribution in [0, 0.1) is 5.92 Å². The zero-order valence-electron chi connectivity index (χ0n) is 10.1. The number of hydrogen-bond donors (Lipinski definition) is 0. The van der Waals surface area contributed by atoms with Crippen molar-refractivity contribution in [2.45, 2.75) is 19.6 Å². The molecule has 1 heterocycles. The van der Waals surface area contributed by atoms with Crippen LogP contribution in [0.3, 0.4) is 0 Å². The van der Waals surface area contributed by atoms with Crippen LogP contribution in [0.4, 0.5) is 0 Å². The first-order valence-corrected chi connectivity index (χ1v) is 5.02. The van der Waals surface area contributed by atoms with Gasteiger partial charge in [0, 0.05) is 19.9 Å². The van der Waals surface area contributed by atoms with Crippen LogP contribution in [0.5, 0.6) is 0 Å². The van der Waals surface area contributed by atoms with Gasteiger partial charge in [0.2, 0.25) is 5.92 Å². The molecule has 0 saturated carbocycles. The molecule has 0 aromatic heterocycles. The van der Waals surface area contributed by atoms with Gasteiger partial charge in [-0.25, -0.2) is 4.79 Å². The van der Waals surface area contributed by atoms with Crippen molar-refractivity contribution in [2.24, 2.45) is 5.92 Å². The van der Waals surface area contributed by atoms with Crippen LogP contribution in [0.1, 0.15) is 13.8 Å². The topological polar surface area (TPSA) is 96.0 Å². The SMILES string of the molecule is COC(=O)/C=C/C(=O)C1C(=O)OC(C)(C)OC1=O. The standard InChI is InChI=1S/C11H12O7/c1-11(2)17-9(14)8(10(15)18-11)6(12)4-5-7(13)16-3/h4-5,8H,1-3H3/b5-4+. The molecule has 0 amide bonds. The van der Waals surface area contributed by atoms with Gasteiger partial charge in [0.25, 0.3) is 5.79 Å². The van der Waals surface area contributed by atoms with Crippen molar-refractivity contribution in [1.29, 1.82) is 0 Å². The zero-order valence-corrected chi connectivity index (χ0v) is 10.1. The second kappa shape index (κ2) is 4.99. The molecule has 0 N–H and O–H groups in total. The Labute approximate surface area is 103 Å². The Kier molecular flexibility index (Phi) is 3.85. The maximum Gasteiger partial charge on any atom is 0.331 e. The number of methoxy groups -OCH3 is 1. The summed E-state index contributed by atoms with van der Waals surface area (Å²) in [6.07, 6.45) is 1.58.